The fraction of sp³-hybridized carbons (Fsp3) is 0.316. The summed E-state index contributed by atoms with van der Waals surface area (Å²) in [7, 11) is 3.56. The van der Waals surface area contributed by atoms with E-state index in [0.717, 1.165) is 16.9 Å². The van der Waals surface area contributed by atoms with E-state index in [1.54, 1.807) is 24.1 Å². The minimum atomic E-state index is -0.469. The molecule has 0 aliphatic heterocycles. The summed E-state index contributed by atoms with van der Waals surface area (Å²) < 4.78 is 7.42. The Hall–Kier alpha value is -2.93. The van der Waals surface area contributed by atoms with Crippen LogP contribution in [0.1, 0.15) is 37.1 Å². The maximum atomic E-state index is 12.5. The minimum Gasteiger partial charge on any atom is -0.441 e. The van der Waals surface area contributed by atoms with Crippen LogP contribution in [0, 0.1) is 0 Å². The van der Waals surface area contributed by atoms with Gasteiger partial charge in [0.15, 0.2) is 0 Å². The Bertz CT molecular complexity index is 879. The first kappa shape index (κ1) is 17.9. The number of carbonyl (C=O) groups is 1. The average molecular weight is 353 g/mol. The highest BCUT2D eigenvalue weighted by Crippen LogP contribution is 2.25. The molecule has 0 saturated carbocycles. The topological polar surface area (TPSA) is 85.0 Å². The number of benzene rings is 1. The molecule has 3 aromatic rings. The van der Waals surface area contributed by atoms with E-state index >= 15 is 0 Å². The van der Waals surface area contributed by atoms with E-state index in [4.69, 9.17) is 4.42 Å². The molecule has 7 heteroatoms. The van der Waals surface area contributed by atoms with E-state index in [9.17, 15) is 4.79 Å². The number of likely N-dealkylation sites (N-methyl/N-ethyl adjacent to an activating group) is 1. The van der Waals surface area contributed by atoms with Crippen molar-refractivity contribution >= 4 is 11.6 Å². The van der Waals surface area contributed by atoms with E-state index in [1.807, 2.05) is 37.5 Å². The molecule has 1 amide bonds. The van der Waals surface area contributed by atoms with Crippen LogP contribution in [0.5, 0.6) is 0 Å². The summed E-state index contributed by atoms with van der Waals surface area (Å²) in [5, 5.41) is 10.0. The first-order valence-corrected chi connectivity index (χ1v) is 8.50. The Morgan fingerprint density at radius 2 is 1.92 bits per heavy atom. The largest absolute Gasteiger partial charge is 0.441 e. The lowest BCUT2D eigenvalue weighted by atomic mass is 10.1. The number of anilines is 1. The Labute approximate surface area is 152 Å². The van der Waals surface area contributed by atoms with E-state index in [-0.39, 0.29) is 5.91 Å². The van der Waals surface area contributed by atoms with Gasteiger partial charge in [0.25, 0.3) is 0 Å². The molecular formula is C19H23N5O2. The average Bonchev–Trinajstić information content (AvgIpc) is 3.26. The van der Waals surface area contributed by atoms with Gasteiger partial charge < -0.3 is 15.1 Å². The Balaban J connectivity index is 1.71. The zero-order chi connectivity index (χ0) is 18.7. The van der Waals surface area contributed by atoms with Gasteiger partial charge in [0.2, 0.25) is 11.8 Å². The number of rotatable bonds is 6. The molecule has 0 aliphatic rings. The summed E-state index contributed by atoms with van der Waals surface area (Å²) in [6.07, 6.45) is 5.25. The van der Waals surface area contributed by atoms with E-state index < -0.39 is 6.04 Å². The van der Waals surface area contributed by atoms with Gasteiger partial charge in [-0.15, -0.1) is 0 Å². The van der Waals surface area contributed by atoms with Crippen molar-refractivity contribution in [2.45, 2.75) is 25.8 Å². The van der Waals surface area contributed by atoms with Gasteiger partial charge in [0, 0.05) is 36.0 Å². The quantitative estimate of drug-likeness (QED) is 0.711. The van der Waals surface area contributed by atoms with E-state index in [2.05, 4.69) is 34.6 Å². The number of hydrogen-bond donors (Lipinski definition) is 2. The summed E-state index contributed by atoms with van der Waals surface area (Å²) >= 11 is 0. The summed E-state index contributed by atoms with van der Waals surface area (Å²) in [5.41, 5.74) is 2.39. The van der Waals surface area contributed by atoms with Crippen LogP contribution >= 0.6 is 0 Å². The van der Waals surface area contributed by atoms with E-state index in [1.165, 1.54) is 0 Å². The van der Waals surface area contributed by atoms with Crippen LogP contribution < -0.4 is 10.6 Å². The summed E-state index contributed by atoms with van der Waals surface area (Å²) in [6, 6.07) is 6.96. The molecule has 1 atom stereocenters. The number of nitrogens with one attached hydrogen (secondary N) is 2. The Kier molecular flexibility index (Phi) is 5.18. The molecule has 1 unspecified atom stereocenters. The summed E-state index contributed by atoms with van der Waals surface area (Å²) in [5.74, 6) is 1.58. The predicted molar refractivity (Wildman–Crippen MR) is 99.7 cm³/mol. The zero-order valence-corrected chi connectivity index (χ0v) is 15.4. The summed E-state index contributed by atoms with van der Waals surface area (Å²) in [4.78, 5) is 16.9. The first-order valence-electron chi connectivity index (χ1n) is 8.50. The minimum absolute atomic E-state index is 0.147. The van der Waals surface area contributed by atoms with Crippen LogP contribution in [0.25, 0.3) is 11.5 Å². The second-order valence-corrected chi connectivity index (χ2v) is 6.46. The van der Waals surface area contributed by atoms with Gasteiger partial charge in [-0.1, -0.05) is 13.8 Å². The van der Waals surface area contributed by atoms with Crippen LogP contribution in [-0.2, 0) is 11.8 Å². The lowest BCUT2D eigenvalue weighted by molar-refractivity contribution is -0.118. The smallest absolute Gasteiger partial charge is 0.246 e. The number of amides is 1. The number of nitrogens with zero attached hydrogens (tertiary/aromatic N) is 3. The van der Waals surface area contributed by atoms with Gasteiger partial charge >= 0.3 is 0 Å². The van der Waals surface area contributed by atoms with Crippen molar-refractivity contribution in [1.82, 2.24) is 20.1 Å². The zero-order valence-electron chi connectivity index (χ0n) is 15.4. The highest BCUT2D eigenvalue weighted by molar-refractivity contribution is 5.95. The van der Waals surface area contributed by atoms with Gasteiger partial charge in [-0.3, -0.25) is 9.48 Å². The monoisotopic (exact) mass is 353 g/mol. The number of oxazole rings is 1. The molecule has 0 saturated heterocycles. The van der Waals surface area contributed by atoms with Crippen molar-refractivity contribution < 1.29 is 9.21 Å². The van der Waals surface area contributed by atoms with Crippen molar-refractivity contribution in [3.63, 3.8) is 0 Å². The SMILES string of the molecule is CNC(C(=O)Nc1ccc(-c2ncc(C(C)C)o2)cc1)c1cnn(C)c1. The fourth-order valence-corrected chi connectivity index (χ4v) is 2.64. The lowest BCUT2D eigenvalue weighted by Gasteiger charge is -2.14. The molecule has 0 spiro atoms. The third-order valence-corrected chi connectivity index (χ3v) is 4.10. The molecule has 3 rings (SSSR count). The molecule has 2 heterocycles. The van der Waals surface area contributed by atoms with Crippen LogP contribution in [0.2, 0.25) is 0 Å². The molecule has 26 heavy (non-hydrogen) atoms. The molecule has 1 aromatic carbocycles. The molecule has 2 aromatic heterocycles. The van der Waals surface area contributed by atoms with Crippen molar-refractivity contribution in [2.24, 2.45) is 7.05 Å². The highest BCUT2D eigenvalue weighted by atomic mass is 16.4. The Morgan fingerprint density at radius 1 is 1.19 bits per heavy atom. The van der Waals surface area contributed by atoms with Crippen LogP contribution in [0.4, 0.5) is 5.69 Å². The van der Waals surface area contributed by atoms with Gasteiger partial charge in [-0.2, -0.15) is 5.10 Å². The van der Waals surface area contributed by atoms with Crippen LogP contribution in [-0.4, -0.2) is 27.7 Å². The molecular weight excluding hydrogens is 330 g/mol. The lowest BCUT2D eigenvalue weighted by Crippen LogP contribution is -2.30. The van der Waals surface area contributed by atoms with Crippen molar-refractivity contribution in [2.75, 3.05) is 12.4 Å². The third-order valence-electron chi connectivity index (χ3n) is 4.10. The predicted octanol–water partition coefficient (Wildman–Crippen LogP) is 3.10. The first-order chi connectivity index (χ1) is 12.5. The van der Waals surface area contributed by atoms with Crippen molar-refractivity contribution in [1.29, 1.82) is 0 Å². The summed E-state index contributed by atoms with van der Waals surface area (Å²) in [6.45, 7) is 4.12. The van der Waals surface area contributed by atoms with Gasteiger partial charge in [0.1, 0.15) is 11.8 Å². The highest BCUT2D eigenvalue weighted by Gasteiger charge is 2.20. The van der Waals surface area contributed by atoms with Gasteiger partial charge in [0.05, 0.1) is 12.4 Å². The Morgan fingerprint density at radius 3 is 2.46 bits per heavy atom. The number of hydrogen-bond acceptors (Lipinski definition) is 5. The van der Waals surface area contributed by atoms with Crippen LogP contribution in [0.15, 0.2) is 47.3 Å². The molecule has 136 valence electrons. The van der Waals surface area contributed by atoms with Gasteiger partial charge in [-0.05, 0) is 31.3 Å². The number of carbonyl (C=O) groups excluding carboxylic acids is 1. The third kappa shape index (κ3) is 3.83. The van der Waals surface area contributed by atoms with Crippen molar-refractivity contribution in [3.05, 3.63) is 54.2 Å². The standard InChI is InChI=1S/C19H23N5O2/c1-12(2)16-10-21-19(26-16)13-5-7-15(8-6-13)23-18(25)17(20-3)14-9-22-24(4)11-14/h5-12,17,20H,1-4H3,(H,23,25). The second-order valence-electron chi connectivity index (χ2n) is 6.46. The van der Waals surface area contributed by atoms with E-state index in [0.29, 0.717) is 17.5 Å². The molecule has 0 bridgehead atoms. The van der Waals surface area contributed by atoms with Crippen molar-refractivity contribution in [3.8, 4) is 11.5 Å². The number of aryl methyl sites for hydroxylation is 1. The second kappa shape index (κ2) is 7.53. The van der Waals surface area contributed by atoms with Crippen LogP contribution in [0.3, 0.4) is 0 Å². The maximum Gasteiger partial charge on any atom is 0.246 e. The molecule has 2 N–H and O–H groups in total. The van der Waals surface area contributed by atoms with Gasteiger partial charge in [-0.25, -0.2) is 4.98 Å². The fourth-order valence-electron chi connectivity index (χ4n) is 2.64. The maximum absolute atomic E-state index is 12.5. The number of aromatic nitrogens is 3. The molecule has 7 nitrogen and oxygen atoms in total. The normalized spacial score (nSPS) is 12.3. The molecule has 0 aliphatic carbocycles. The molecule has 0 radical (unpaired) electrons. The molecule has 0 fully saturated rings.